The van der Waals surface area contributed by atoms with Crippen LogP contribution in [0.4, 0.5) is 10.5 Å². The predicted molar refractivity (Wildman–Crippen MR) is 121 cm³/mol. The van der Waals surface area contributed by atoms with E-state index in [4.69, 9.17) is 4.74 Å². The molecule has 2 aromatic carbocycles. The van der Waals surface area contributed by atoms with Crippen LogP contribution in [-0.4, -0.2) is 62.3 Å². The van der Waals surface area contributed by atoms with Crippen LogP contribution in [0.2, 0.25) is 0 Å². The monoisotopic (exact) mass is 407 g/mol. The summed E-state index contributed by atoms with van der Waals surface area (Å²) in [5.74, 6) is 0. The van der Waals surface area contributed by atoms with Gasteiger partial charge in [-0.25, -0.2) is 4.79 Å². The summed E-state index contributed by atoms with van der Waals surface area (Å²) >= 11 is 0. The fourth-order valence-electron chi connectivity index (χ4n) is 5.42. The molecule has 0 atom stereocenters. The van der Waals surface area contributed by atoms with Crippen molar-refractivity contribution in [2.45, 2.75) is 36.8 Å². The minimum atomic E-state index is -0.139. The molecule has 30 heavy (non-hydrogen) atoms. The number of hydrogen-bond acceptors (Lipinski definition) is 3. The summed E-state index contributed by atoms with van der Waals surface area (Å²) in [5.41, 5.74) is 2.23. The third kappa shape index (κ3) is 3.50. The molecule has 4 rings (SSSR count). The molecule has 0 bridgehead atoms. The SMILES string of the molecule is COCCN1C(=O)N(c2ccccc2)C[C@]12CC[C@](c1ccccc1)(N(C)C)CC2. The molecular weight excluding hydrogens is 374 g/mol. The number of amides is 2. The van der Waals surface area contributed by atoms with Crippen molar-refractivity contribution in [1.82, 2.24) is 9.80 Å². The summed E-state index contributed by atoms with van der Waals surface area (Å²) in [6.45, 7) is 1.95. The third-order valence-electron chi connectivity index (χ3n) is 7.25. The van der Waals surface area contributed by atoms with Gasteiger partial charge in [-0.15, -0.1) is 0 Å². The summed E-state index contributed by atoms with van der Waals surface area (Å²) in [6.07, 6.45) is 4.03. The summed E-state index contributed by atoms with van der Waals surface area (Å²) in [4.78, 5) is 19.9. The number of methoxy groups -OCH3 is 1. The van der Waals surface area contributed by atoms with Crippen molar-refractivity contribution in [1.29, 1.82) is 0 Å². The molecule has 0 radical (unpaired) electrons. The Bertz CT molecular complexity index is 845. The van der Waals surface area contributed by atoms with Crippen LogP contribution in [0.5, 0.6) is 0 Å². The van der Waals surface area contributed by atoms with Crippen molar-refractivity contribution < 1.29 is 9.53 Å². The zero-order valence-corrected chi connectivity index (χ0v) is 18.4. The molecule has 2 aromatic rings. The van der Waals surface area contributed by atoms with Gasteiger partial charge in [0, 0.05) is 24.9 Å². The molecule has 2 amide bonds. The highest BCUT2D eigenvalue weighted by Crippen LogP contribution is 2.49. The van der Waals surface area contributed by atoms with Gasteiger partial charge in [-0.2, -0.15) is 0 Å². The van der Waals surface area contributed by atoms with Crippen LogP contribution in [-0.2, 0) is 10.3 Å². The number of urea groups is 1. The molecule has 5 heteroatoms. The highest BCUT2D eigenvalue weighted by molar-refractivity contribution is 5.95. The molecule has 0 aromatic heterocycles. The topological polar surface area (TPSA) is 36.0 Å². The summed E-state index contributed by atoms with van der Waals surface area (Å²) in [5, 5.41) is 0. The lowest BCUT2D eigenvalue weighted by molar-refractivity contribution is 0.0189. The quantitative estimate of drug-likeness (QED) is 0.714. The van der Waals surface area contributed by atoms with Crippen molar-refractivity contribution in [3.05, 3.63) is 66.2 Å². The van der Waals surface area contributed by atoms with Crippen LogP contribution >= 0.6 is 0 Å². The van der Waals surface area contributed by atoms with E-state index in [1.165, 1.54) is 5.56 Å². The number of anilines is 1. The second-order valence-corrected chi connectivity index (χ2v) is 8.87. The lowest BCUT2D eigenvalue weighted by Crippen LogP contribution is -2.56. The van der Waals surface area contributed by atoms with Crippen LogP contribution in [0.3, 0.4) is 0 Å². The smallest absolute Gasteiger partial charge is 0.325 e. The lowest BCUT2D eigenvalue weighted by atomic mass is 9.68. The van der Waals surface area contributed by atoms with E-state index < -0.39 is 0 Å². The van der Waals surface area contributed by atoms with Gasteiger partial charge in [-0.05, 0) is 57.5 Å². The maximum Gasteiger partial charge on any atom is 0.325 e. The van der Waals surface area contributed by atoms with E-state index in [0.717, 1.165) is 37.9 Å². The highest BCUT2D eigenvalue weighted by atomic mass is 16.5. The molecule has 1 aliphatic carbocycles. The number of ether oxygens (including phenoxy) is 1. The molecule has 1 aliphatic heterocycles. The second-order valence-electron chi connectivity index (χ2n) is 8.87. The molecule has 2 aliphatic rings. The van der Waals surface area contributed by atoms with Gasteiger partial charge in [0.05, 0.1) is 18.7 Å². The first-order chi connectivity index (χ1) is 14.5. The van der Waals surface area contributed by atoms with E-state index in [-0.39, 0.29) is 17.1 Å². The Morgan fingerprint density at radius 1 is 0.933 bits per heavy atom. The average Bonchev–Trinajstić information content (AvgIpc) is 3.05. The Morgan fingerprint density at radius 2 is 1.53 bits per heavy atom. The molecule has 1 heterocycles. The lowest BCUT2D eigenvalue weighted by Gasteiger charge is -2.51. The van der Waals surface area contributed by atoms with Crippen molar-refractivity contribution in [2.75, 3.05) is 45.8 Å². The standard InChI is InChI=1S/C25H33N3O2/c1-26(2)25(21-10-6-4-7-11-21)16-14-24(15-17-25)20-27(22-12-8-5-9-13-22)23(29)28(24)18-19-30-3/h4-13H,14-20H2,1-3H3/t24-,25+. The first-order valence-corrected chi connectivity index (χ1v) is 10.9. The summed E-state index contributed by atoms with van der Waals surface area (Å²) in [7, 11) is 6.07. The Labute approximate surface area is 180 Å². The molecule has 1 saturated carbocycles. The number of hydrogen-bond donors (Lipinski definition) is 0. The van der Waals surface area contributed by atoms with E-state index >= 15 is 0 Å². The highest BCUT2D eigenvalue weighted by Gasteiger charge is 2.54. The van der Waals surface area contributed by atoms with E-state index in [2.05, 4.69) is 54.2 Å². The maximum atomic E-state index is 13.4. The molecular formula is C25H33N3O2. The van der Waals surface area contributed by atoms with E-state index in [1.807, 2.05) is 35.2 Å². The average molecular weight is 408 g/mol. The largest absolute Gasteiger partial charge is 0.383 e. The maximum absolute atomic E-state index is 13.4. The Hall–Kier alpha value is -2.37. The van der Waals surface area contributed by atoms with Gasteiger partial charge < -0.3 is 9.64 Å². The first-order valence-electron chi connectivity index (χ1n) is 10.9. The van der Waals surface area contributed by atoms with E-state index in [0.29, 0.717) is 13.2 Å². The number of carbonyl (C=O) groups excluding carboxylic acids is 1. The normalized spacial score (nSPS) is 26.7. The van der Waals surface area contributed by atoms with Gasteiger partial charge in [0.15, 0.2) is 0 Å². The Kier molecular flexibility index (Phi) is 5.85. The zero-order chi connectivity index (χ0) is 21.2. The van der Waals surface area contributed by atoms with Crippen LogP contribution in [0.1, 0.15) is 31.2 Å². The van der Waals surface area contributed by atoms with Crippen molar-refractivity contribution in [3.8, 4) is 0 Å². The van der Waals surface area contributed by atoms with Crippen LogP contribution in [0.25, 0.3) is 0 Å². The third-order valence-corrected chi connectivity index (χ3v) is 7.25. The van der Waals surface area contributed by atoms with Gasteiger partial charge in [-0.1, -0.05) is 48.5 Å². The zero-order valence-electron chi connectivity index (χ0n) is 18.4. The fraction of sp³-hybridized carbons (Fsp3) is 0.480. The number of para-hydroxylation sites is 1. The number of carbonyl (C=O) groups is 1. The summed E-state index contributed by atoms with van der Waals surface area (Å²) in [6, 6.07) is 21.0. The minimum absolute atomic E-state index is 0.0165. The fourth-order valence-corrected chi connectivity index (χ4v) is 5.42. The summed E-state index contributed by atoms with van der Waals surface area (Å²) < 4.78 is 5.35. The van der Waals surface area contributed by atoms with Crippen LogP contribution in [0.15, 0.2) is 60.7 Å². The second kappa shape index (κ2) is 8.40. The van der Waals surface area contributed by atoms with Crippen molar-refractivity contribution in [3.63, 3.8) is 0 Å². The number of benzene rings is 2. The van der Waals surface area contributed by atoms with Crippen LogP contribution < -0.4 is 4.90 Å². The molecule has 5 nitrogen and oxygen atoms in total. The van der Waals surface area contributed by atoms with E-state index in [9.17, 15) is 4.79 Å². The van der Waals surface area contributed by atoms with E-state index in [1.54, 1.807) is 7.11 Å². The molecule has 160 valence electrons. The first kappa shape index (κ1) is 20.9. The van der Waals surface area contributed by atoms with Gasteiger partial charge in [0.25, 0.3) is 0 Å². The minimum Gasteiger partial charge on any atom is -0.383 e. The van der Waals surface area contributed by atoms with Crippen molar-refractivity contribution in [2.24, 2.45) is 0 Å². The predicted octanol–water partition coefficient (Wildman–Crippen LogP) is 4.34. The van der Waals surface area contributed by atoms with Gasteiger partial charge in [0.2, 0.25) is 0 Å². The molecule has 1 saturated heterocycles. The number of nitrogens with zero attached hydrogens (tertiary/aromatic N) is 3. The van der Waals surface area contributed by atoms with Gasteiger partial charge >= 0.3 is 6.03 Å². The van der Waals surface area contributed by atoms with Gasteiger partial charge in [0.1, 0.15) is 0 Å². The number of rotatable bonds is 6. The molecule has 1 spiro atoms. The molecule has 2 fully saturated rings. The van der Waals surface area contributed by atoms with Crippen LogP contribution in [0, 0.1) is 0 Å². The molecule has 0 N–H and O–H groups in total. The molecule has 0 unspecified atom stereocenters. The Balaban J connectivity index is 1.63. The Morgan fingerprint density at radius 3 is 2.10 bits per heavy atom. The van der Waals surface area contributed by atoms with Gasteiger partial charge in [-0.3, -0.25) is 9.80 Å². The van der Waals surface area contributed by atoms with Crippen molar-refractivity contribution >= 4 is 11.7 Å².